The van der Waals surface area contributed by atoms with Gasteiger partial charge in [0.2, 0.25) is 0 Å². The number of benzene rings is 1. The molecule has 0 aliphatic carbocycles. The van der Waals surface area contributed by atoms with E-state index in [-0.39, 0.29) is 6.04 Å². The van der Waals surface area contributed by atoms with Crippen LogP contribution in [0.15, 0.2) is 42.7 Å². The van der Waals surface area contributed by atoms with Crippen LogP contribution in [-0.4, -0.2) is 14.5 Å². The molecule has 108 valence electrons. The standard InChI is InChI=1S/C17H20N4/c1-12-11-14(13-5-3-4-6-16(13)20-12)15(18)7-8-17-19-9-10-21(17)2/h3-6,9-11,15H,7-8,18H2,1-2H3. The van der Waals surface area contributed by atoms with Crippen LogP contribution in [0.5, 0.6) is 0 Å². The van der Waals surface area contributed by atoms with Gasteiger partial charge in [0.15, 0.2) is 0 Å². The SMILES string of the molecule is Cc1cc(C(N)CCc2nccn2C)c2ccccc2n1. The van der Waals surface area contributed by atoms with E-state index in [1.807, 2.05) is 49.1 Å². The lowest BCUT2D eigenvalue weighted by Crippen LogP contribution is -2.13. The summed E-state index contributed by atoms with van der Waals surface area (Å²) >= 11 is 0. The summed E-state index contributed by atoms with van der Waals surface area (Å²) < 4.78 is 2.04. The van der Waals surface area contributed by atoms with Crippen molar-refractivity contribution in [2.45, 2.75) is 25.8 Å². The number of aromatic nitrogens is 3. The van der Waals surface area contributed by atoms with E-state index < -0.39 is 0 Å². The highest BCUT2D eigenvalue weighted by Crippen LogP contribution is 2.25. The van der Waals surface area contributed by atoms with Crippen molar-refractivity contribution in [3.8, 4) is 0 Å². The summed E-state index contributed by atoms with van der Waals surface area (Å²) in [4.78, 5) is 8.93. The van der Waals surface area contributed by atoms with Crippen molar-refractivity contribution in [3.05, 3.63) is 59.8 Å². The quantitative estimate of drug-likeness (QED) is 0.799. The summed E-state index contributed by atoms with van der Waals surface area (Å²) in [5.41, 5.74) is 9.63. The zero-order chi connectivity index (χ0) is 14.8. The van der Waals surface area contributed by atoms with Crippen LogP contribution < -0.4 is 5.73 Å². The lowest BCUT2D eigenvalue weighted by atomic mass is 9.98. The van der Waals surface area contributed by atoms with E-state index in [0.717, 1.165) is 35.3 Å². The molecule has 21 heavy (non-hydrogen) atoms. The Hall–Kier alpha value is -2.20. The van der Waals surface area contributed by atoms with Gasteiger partial charge in [0.25, 0.3) is 0 Å². The second-order valence-electron chi connectivity index (χ2n) is 5.47. The first-order valence-electron chi connectivity index (χ1n) is 7.23. The minimum atomic E-state index is -0.00620. The van der Waals surface area contributed by atoms with E-state index in [9.17, 15) is 0 Å². The highest BCUT2D eigenvalue weighted by molar-refractivity contribution is 5.82. The molecule has 4 heteroatoms. The molecule has 2 N–H and O–H groups in total. The first-order valence-corrected chi connectivity index (χ1v) is 7.23. The smallest absolute Gasteiger partial charge is 0.108 e. The fourth-order valence-corrected chi connectivity index (χ4v) is 2.72. The van der Waals surface area contributed by atoms with Gasteiger partial charge in [0, 0.05) is 43.0 Å². The van der Waals surface area contributed by atoms with Crippen LogP contribution in [0.2, 0.25) is 0 Å². The molecule has 0 amide bonds. The summed E-state index contributed by atoms with van der Waals surface area (Å²) in [5.74, 6) is 1.07. The number of rotatable bonds is 4. The molecule has 2 aromatic heterocycles. The number of fused-ring (bicyclic) bond motifs is 1. The maximum absolute atomic E-state index is 6.43. The molecule has 1 aromatic carbocycles. The largest absolute Gasteiger partial charge is 0.338 e. The average Bonchev–Trinajstić information content (AvgIpc) is 2.89. The van der Waals surface area contributed by atoms with E-state index >= 15 is 0 Å². The van der Waals surface area contributed by atoms with Crippen LogP contribution in [-0.2, 0) is 13.5 Å². The molecule has 1 unspecified atom stereocenters. The Balaban J connectivity index is 1.87. The lowest BCUT2D eigenvalue weighted by Gasteiger charge is -2.15. The van der Waals surface area contributed by atoms with Crippen molar-refractivity contribution in [2.75, 3.05) is 0 Å². The first kappa shape index (κ1) is 13.8. The van der Waals surface area contributed by atoms with Crippen molar-refractivity contribution in [1.82, 2.24) is 14.5 Å². The summed E-state index contributed by atoms with van der Waals surface area (Å²) in [6.07, 6.45) is 5.54. The third-order valence-corrected chi connectivity index (χ3v) is 3.88. The van der Waals surface area contributed by atoms with Gasteiger partial charge in [-0.1, -0.05) is 18.2 Å². The van der Waals surface area contributed by atoms with E-state index in [0.29, 0.717) is 0 Å². The van der Waals surface area contributed by atoms with Crippen molar-refractivity contribution in [2.24, 2.45) is 12.8 Å². The number of hydrogen-bond acceptors (Lipinski definition) is 3. The molecule has 2 heterocycles. The Morgan fingerprint density at radius 1 is 1.29 bits per heavy atom. The van der Waals surface area contributed by atoms with Gasteiger partial charge in [-0.2, -0.15) is 0 Å². The van der Waals surface area contributed by atoms with Crippen molar-refractivity contribution >= 4 is 10.9 Å². The van der Waals surface area contributed by atoms with Gasteiger partial charge in [0.05, 0.1) is 5.52 Å². The van der Waals surface area contributed by atoms with Crippen LogP contribution in [0.3, 0.4) is 0 Å². The van der Waals surface area contributed by atoms with Gasteiger partial charge in [-0.05, 0) is 31.0 Å². The van der Waals surface area contributed by atoms with Gasteiger partial charge < -0.3 is 10.3 Å². The molecule has 0 radical (unpaired) electrons. The van der Waals surface area contributed by atoms with Crippen LogP contribution >= 0.6 is 0 Å². The normalized spacial score (nSPS) is 12.7. The van der Waals surface area contributed by atoms with Crippen molar-refractivity contribution in [3.63, 3.8) is 0 Å². The highest BCUT2D eigenvalue weighted by atomic mass is 15.0. The van der Waals surface area contributed by atoms with Gasteiger partial charge >= 0.3 is 0 Å². The zero-order valence-electron chi connectivity index (χ0n) is 12.5. The summed E-state index contributed by atoms with van der Waals surface area (Å²) in [6, 6.07) is 10.3. The number of para-hydroxylation sites is 1. The fourth-order valence-electron chi connectivity index (χ4n) is 2.72. The molecule has 0 spiro atoms. The second-order valence-corrected chi connectivity index (χ2v) is 5.47. The van der Waals surface area contributed by atoms with Gasteiger partial charge in [-0.25, -0.2) is 4.98 Å². The minimum absolute atomic E-state index is 0.00620. The zero-order valence-corrected chi connectivity index (χ0v) is 12.5. The monoisotopic (exact) mass is 280 g/mol. The summed E-state index contributed by atoms with van der Waals surface area (Å²) in [5, 5.41) is 1.15. The molecule has 3 rings (SSSR count). The molecule has 3 aromatic rings. The van der Waals surface area contributed by atoms with E-state index in [1.165, 1.54) is 5.56 Å². The third-order valence-electron chi connectivity index (χ3n) is 3.88. The van der Waals surface area contributed by atoms with E-state index in [4.69, 9.17) is 5.73 Å². The second kappa shape index (κ2) is 5.66. The molecule has 4 nitrogen and oxygen atoms in total. The average molecular weight is 280 g/mol. The predicted molar refractivity (Wildman–Crippen MR) is 84.9 cm³/mol. The maximum Gasteiger partial charge on any atom is 0.108 e. The number of aryl methyl sites for hydroxylation is 3. The molecule has 1 atom stereocenters. The molecular weight excluding hydrogens is 260 g/mol. The Bertz CT molecular complexity index is 760. The van der Waals surface area contributed by atoms with Crippen molar-refractivity contribution < 1.29 is 0 Å². The Kier molecular flexibility index (Phi) is 3.71. The lowest BCUT2D eigenvalue weighted by molar-refractivity contribution is 0.623. The first-order chi connectivity index (χ1) is 10.1. The molecule has 0 saturated carbocycles. The molecular formula is C17H20N4. The summed E-state index contributed by atoms with van der Waals surface area (Å²) in [6.45, 7) is 2.02. The summed E-state index contributed by atoms with van der Waals surface area (Å²) in [7, 11) is 2.01. The van der Waals surface area contributed by atoms with Crippen LogP contribution in [0, 0.1) is 6.92 Å². The molecule has 0 bridgehead atoms. The topological polar surface area (TPSA) is 56.7 Å². The molecule has 0 aliphatic rings. The Morgan fingerprint density at radius 2 is 2.10 bits per heavy atom. The Morgan fingerprint density at radius 3 is 2.86 bits per heavy atom. The number of nitrogens with two attached hydrogens (primary N) is 1. The third kappa shape index (κ3) is 2.81. The molecule has 0 saturated heterocycles. The highest BCUT2D eigenvalue weighted by Gasteiger charge is 2.12. The van der Waals surface area contributed by atoms with Gasteiger partial charge in [-0.15, -0.1) is 0 Å². The van der Waals surface area contributed by atoms with Crippen LogP contribution in [0.1, 0.15) is 29.5 Å². The minimum Gasteiger partial charge on any atom is -0.338 e. The predicted octanol–water partition coefficient (Wildman–Crippen LogP) is 2.91. The number of pyridine rings is 1. The Labute approximate surface area is 124 Å². The molecule has 0 aliphatic heterocycles. The van der Waals surface area contributed by atoms with Crippen LogP contribution in [0.25, 0.3) is 10.9 Å². The van der Waals surface area contributed by atoms with Crippen LogP contribution in [0.4, 0.5) is 0 Å². The van der Waals surface area contributed by atoms with E-state index in [2.05, 4.69) is 22.1 Å². The van der Waals surface area contributed by atoms with E-state index in [1.54, 1.807) is 0 Å². The fraction of sp³-hybridized carbons (Fsp3) is 0.294. The molecule has 0 fully saturated rings. The number of imidazole rings is 1. The maximum atomic E-state index is 6.43. The van der Waals surface area contributed by atoms with Crippen molar-refractivity contribution in [1.29, 1.82) is 0 Å². The number of hydrogen-bond donors (Lipinski definition) is 1. The van der Waals surface area contributed by atoms with Gasteiger partial charge in [-0.3, -0.25) is 4.98 Å². The number of nitrogens with zero attached hydrogens (tertiary/aromatic N) is 3. The van der Waals surface area contributed by atoms with Gasteiger partial charge in [0.1, 0.15) is 5.82 Å².